The molecule has 0 radical (unpaired) electrons. The predicted octanol–water partition coefficient (Wildman–Crippen LogP) is 4.76. The van der Waals surface area contributed by atoms with Crippen molar-refractivity contribution in [3.05, 3.63) is 53.9 Å². The van der Waals surface area contributed by atoms with Crippen LogP contribution in [-0.4, -0.2) is 51.2 Å². The van der Waals surface area contributed by atoms with E-state index >= 15 is 0 Å². The minimum absolute atomic E-state index is 0.0922. The van der Waals surface area contributed by atoms with Gasteiger partial charge in [-0.2, -0.15) is 5.10 Å². The lowest BCUT2D eigenvalue weighted by atomic mass is 9.84. The van der Waals surface area contributed by atoms with E-state index in [4.69, 9.17) is 4.74 Å². The van der Waals surface area contributed by atoms with Gasteiger partial charge in [-0.3, -0.25) is 4.90 Å². The van der Waals surface area contributed by atoms with Crippen LogP contribution in [0.1, 0.15) is 54.6 Å². The molecule has 0 spiro atoms. The lowest BCUT2D eigenvalue weighted by molar-refractivity contribution is 0.00749. The van der Waals surface area contributed by atoms with Gasteiger partial charge in [-0.1, -0.05) is 36.8 Å². The number of nitrogens with zero attached hydrogens (tertiary/aromatic N) is 4. The van der Waals surface area contributed by atoms with Crippen molar-refractivity contribution in [2.45, 2.75) is 44.6 Å². The van der Waals surface area contributed by atoms with Crippen LogP contribution in [0.3, 0.4) is 0 Å². The van der Waals surface area contributed by atoms with E-state index in [1.807, 2.05) is 18.2 Å². The van der Waals surface area contributed by atoms with Crippen molar-refractivity contribution >= 4 is 11.6 Å². The van der Waals surface area contributed by atoms with Crippen molar-refractivity contribution in [3.8, 4) is 11.3 Å². The van der Waals surface area contributed by atoms with Gasteiger partial charge < -0.3 is 4.74 Å². The van der Waals surface area contributed by atoms with Crippen LogP contribution in [0.15, 0.2) is 42.6 Å². The van der Waals surface area contributed by atoms with E-state index in [-0.39, 0.29) is 16.9 Å². The summed E-state index contributed by atoms with van der Waals surface area (Å²) in [7, 11) is 0. The molecular weight excluding hydrogens is 414 g/mol. The summed E-state index contributed by atoms with van der Waals surface area (Å²) in [6.07, 6.45) is 4.24. The first-order chi connectivity index (χ1) is 15.6. The molecule has 0 unspecified atom stereocenters. The second-order valence-electron chi connectivity index (χ2n) is 8.63. The Hall–Kier alpha value is -2.87. The van der Waals surface area contributed by atoms with Gasteiger partial charge in [0.15, 0.2) is 5.65 Å². The Morgan fingerprint density at radius 3 is 2.75 bits per heavy atom. The van der Waals surface area contributed by atoms with Crippen LogP contribution in [0.25, 0.3) is 16.9 Å². The Balaban J connectivity index is 1.41. The normalized spacial score (nSPS) is 21.6. The molecule has 32 heavy (non-hydrogen) atoms. The van der Waals surface area contributed by atoms with E-state index in [1.165, 1.54) is 25.1 Å². The number of piperidine rings is 2. The first kappa shape index (κ1) is 21.0. The molecule has 168 valence electrons. The van der Waals surface area contributed by atoms with Crippen molar-refractivity contribution in [2.24, 2.45) is 5.92 Å². The number of aromatic nitrogens is 3. The zero-order chi connectivity index (χ0) is 22.1. The molecular formula is C24H26F2N4O2. The molecule has 4 heterocycles. The third-order valence-corrected chi connectivity index (χ3v) is 6.67. The Bertz CT molecular complexity index is 1100. The molecule has 0 aliphatic carbocycles. The van der Waals surface area contributed by atoms with Gasteiger partial charge in [-0.25, -0.2) is 23.1 Å². The second kappa shape index (κ2) is 8.94. The average Bonchev–Trinajstić information content (AvgIpc) is 3.26. The predicted molar refractivity (Wildman–Crippen MR) is 116 cm³/mol. The first-order valence-corrected chi connectivity index (χ1v) is 11.3. The number of halogens is 2. The Morgan fingerprint density at radius 2 is 1.94 bits per heavy atom. The zero-order valence-corrected chi connectivity index (χ0v) is 17.8. The van der Waals surface area contributed by atoms with Crippen LogP contribution in [0.4, 0.5) is 8.78 Å². The Kier molecular flexibility index (Phi) is 5.87. The zero-order valence-electron chi connectivity index (χ0n) is 17.8. The summed E-state index contributed by atoms with van der Waals surface area (Å²) in [5.74, 6) is -0.259. The fourth-order valence-electron chi connectivity index (χ4n) is 5.07. The highest BCUT2D eigenvalue weighted by Gasteiger charge is 2.34. The van der Waals surface area contributed by atoms with Crippen molar-refractivity contribution in [3.63, 3.8) is 0 Å². The van der Waals surface area contributed by atoms with Gasteiger partial charge in [-0.15, -0.1) is 0 Å². The molecule has 0 bridgehead atoms. The molecule has 8 heteroatoms. The number of benzene rings is 1. The van der Waals surface area contributed by atoms with Gasteiger partial charge in [-0.05, 0) is 44.8 Å². The van der Waals surface area contributed by atoms with Crippen LogP contribution in [-0.2, 0) is 4.74 Å². The van der Waals surface area contributed by atoms with E-state index in [1.54, 1.807) is 12.1 Å². The van der Waals surface area contributed by atoms with E-state index in [9.17, 15) is 13.6 Å². The highest BCUT2D eigenvalue weighted by atomic mass is 19.3. The van der Waals surface area contributed by atoms with Gasteiger partial charge in [0.1, 0.15) is 11.3 Å². The molecule has 2 aliphatic heterocycles. The smallest absolute Gasteiger partial charge is 0.343 e. The molecule has 1 aromatic carbocycles. The van der Waals surface area contributed by atoms with E-state index < -0.39 is 12.4 Å². The molecule has 0 N–H and O–H groups in total. The maximum atomic E-state index is 13.7. The van der Waals surface area contributed by atoms with Crippen LogP contribution in [0.2, 0.25) is 0 Å². The number of esters is 1. The number of hydrogen-bond donors (Lipinski definition) is 0. The lowest BCUT2D eigenvalue weighted by Crippen LogP contribution is -2.49. The highest BCUT2D eigenvalue weighted by Crippen LogP contribution is 2.31. The number of carbonyl (C=O) groups is 1. The number of hydrogen-bond acceptors (Lipinski definition) is 5. The van der Waals surface area contributed by atoms with Gasteiger partial charge >= 0.3 is 5.97 Å². The number of ether oxygens (including phenoxy) is 1. The molecule has 0 amide bonds. The van der Waals surface area contributed by atoms with Gasteiger partial charge in [0.2, 0.25) is 0 Å². The maximum absolute atomic E-state index is 13.7. The SMILES string of the molecule is O=C(OC[C@@H]1CCCN2CCCC[C@@H]12)c1cnn2c(C(F)F)cc(-c3ccccc3)nc12. The summed E-state index contributed by atoms with van der Waals surface area (Å²) >= 11 is 0. The van der Waals surface area contributed by atoms with Crippen LogP contribution in [0, 0.1) is 5.92 Å². The van der Waals surface area contributed by atoms with Crippen molar-refractivity contribution in [1.29, 1.82) is 0 Å². The van der Waals surface area contributed by atoms with Crippen LogP contribution < -0.4 is 0 Å². The summed E-state index contributed by atoms with van der Waals surface area (Å²) in [6, 6.07) is 10.8. The van der Waals surface area contributed by atoms with Crippen molar-refractivity contribution < 1.29 is 18.3 Å². The summed E-state index contributed by atoms with van der Waals surface area (Å²) in [5, 5.41) is 4.02. The second-order valence-corrected chi connectivity index (χ2v) is 8.63. The fraction of sp³-hybridized carbons (Fsp3) is 0.458. The monoisotopic (exact) mass is 440 g/mol. The standard InChI is InChI=1S/C24H26F2N4O2/c25-22(26)21-13-19(16-7-2-1-3-8-16)28-23-18(14-27-30(21)23)24(31)32-15-17-9-6-12-29-11-5-4-10-20(17)29/h1-3,7-8,13-14,17,20,22H,4-6,9-12,15H2/t17-,20-/m0/s1. The van der Waals surface area contributed by atoms with Gasteiger partial charge in [0, 0.05) is 17.5 Å². The maximum Gasteiger partial charge on any atom is 0.343 e. The third-order valence-electron chi connectivity index (χ3n) is 6.67. The van der Waals surface area contributed by atoms with Gasteiger partial charge in [0.05, 0.1) is 18.5 Å². The fourth-order valence-corrected chi connectivity index (χ4v) is 5.07. The van der Waals surface area contributed by atoms with Crippen molar-refractivity contribution in [1.82, 2.24) is 19.5 Å². The number of alkyl halides is 2. The molecule has 2 atom stereocenters. The lowest BCUT2D eigenvalue weighted by Gasteiger charge is -2.44. The topological polar surface area (TPSA) is 59.7 Å². The van der Waals surface area contributed by atoms with E-state index in [0.29, 0.717) is 29.8 Å². The Labute approximate surface area is 185 Å². The number of carbonyl (C=O) groups excluding carboxylic acids is 1. The summed E-state index contributed by atoms with van der Waals surface area (Å²) in [5.41, 5.74) is 0.957. The number of fused-ring (bicyclic) bond motifs is 2. The number of rotatable bonds is 5. The summed E-state index contributed by atoms with van der Waals surface area (Å²) in [4.78, 5) is 19.9. The van der Waals surface area contributed by atoms with E-state index in [0.717, 1.165) is 36.9 Å². The molecule has 2 saturated heterocycles. The molecule has 2 aliphatic rings. The van der Waals surface area contributed by atoms with Crippen LogP contribution >= 0.6 is 0 Å². The van der Waals surface area contributed by atoms with Crippen LogP contribution in [0.5, 0.6) is 0 Å². The van der Waals surface area contributed by atoms with Crippen molar-refractivity contribution in [2.75, 3.05) is 19.7 Å². The molecule has 3 aromatic rings. The largest absolute Gasteiger partial charge is 0.462 e. The van der Waals surface area contributed by atoms with Gasteiger partial charge in [0.25, 0.3) is 6.43 Å². The summed E-state index contributed by atoms with van der Waals surface area (Å²) in [6.45, 7) is 2.56. The quantitative estimate of drug-likeness (QED) is 0.536. The minimum Gasteiger partial charge on any atom is -0.462 e. The Morgan fingerprint density at radius 1 is 1.12 bits per heavy atom. The molecule has 2 fully saturated rings. The molecule has 0 saturated carbocycles. The molecule has 5 rings (SSSR count). The third kappa shape index (κ3) is 3.99. The van der Waals surface area contributed by atoms with E-state index in [2.05, 4.69) is 15.0 Å². The molecule has 6 nitrogen and oxygen atoms in total. The first-order valence-electron chi connectivity index (χ1n) is 11.3. The average molecular weight is 440 g/mol. The highest BCUT2D eigenvalue weighted by molar-refractivity contribution is 5.96. The molecule has 2 aromatic heterocycles. The summed E-state index contributed by atoms with van der Waals surface area (Å²) < 4.78 is 34.2. The minimum atomic E-state index is -2.76.